The molecule has 0 amide bonds. The van der Waals surface area contributed by atoms with E-state index in [2.05, 4.69) is 67.7 Å². The van der Waals surface area contributed by atoms with Gasteiger partial charge in [-0.1, -0.05) is 55.5 Å². The molecule has 88 valence electrons. The molecule has 0 aliphatic rings. The zero-order valence-corrected chi connectivity index (χ0v) is 10.5. The number of hydrogen-bond acceptors (Lipinski definition) is 1. The van der Waals surface area contributed by atoms with Crippen LogP contribution in [0.4, 0.5) is 0 Å². The van der Waals surface area contributed by atoms with Gasteiger partial charge < -0.3 is 5.32 Å². The molecular formula is C16H19N. The molecule has 0 fully saturated rings. The highest BCUT2D eigenvalue weighted by Gasteiger charge is 2.06. The minimum absolute atomic E-state index is 0.337. The largest absolute Gasteiger partial charge is 0.385 e. The van der Waals surface area contributed by atoms with E-state index in [0.717, 1.165) is 6.42 Å². The van der Waals surface area contributed by atoms with E-state index in [1.807, 2.05) is 6.20 Å². The van der Waals surface area contributed by atoms with Gasteiger partial charge in [0.1, 0.15) is 0 Å². The zero-order valence-electron chi connectivity index (χ0n) is 10.5. The fourth-order valence-electron chi connectivity index (χ4n) is 2.05. The third kappa shape index (κ3) is 2.68. The molecule has 0 spiro atoms. The second-order valence-electron chi connectivity index (χ2n) is 4.27. The maximum atomic E-state index is 3.41. The lowest BCUT2D eigenvalue weighted by atomic mass is 10.00. The van der Waals surface area contributed by atoms with Crippen molar-refractivity contribution in [3.05, 3.63) is 60.3 Å². The quantitative estimate of drug-likeness (QED) is 0.812. The fraction of sp³-hybridized carbons (Fsp3) is 0.250. The summed E-state index contributed by atoms with van der Waals surface area (Å²) in [5, 5.41) is 6.05. The topological polar surface area (TPSA) is 12.0 Å². The average molecular weight is 225 g/mol. The molecule has 1 heteroatoms. The summed E-state index contributed by atoms with van der Waals surface area (Å²) in [7, 11) is 0. The first kappa shape index (κ1) is 11.7. The van der Waals surface area contributed by atoms with Gasteiger partial charge >= 0.3 is 0 Å². The number of nitrogens with one attached hydrogen (secondary N) is 1. The summed E-state index contributed by atoms with van der Waals surface area (Å²) >= 11 is 0. The predicted octanol–water partition coefficient (Wildman–Crippen LogP) is 4.41. The molecule has 1 unspecified atom stereocenters. The monoisotopic (exact) mass is 225 g/mol. The van der Waals surface area contributed by atoms with Gasteiger partial charge in [-0.15, -0.1) is 0 Å². The Hall–Kier alpha value is -1.76. The van der Waals surface area contributed by atoms with Gasteiger partial charge in [0.15, 0.2) is 0 Å². The summed E-state index contributed by atoms with van der Waals surface area (Å²) in [6, 6.07) is 15.3. The highest BCUT2D eigenvalue weighted by molar-refractivity contribution is 5.86. The van der Waals surface area contributed by atoms with Crippen molar-refractivity contribution in [2.75, 3.05) is 0 Å². The SMILES string of the molecule is CC/C=C/NC(C)c1cccc2ccccc12. The molecule has 1 nitrogen and oxygen atoms in total. The molecule has 0 bridgehead atoms. The van der Waals surface area contributed by atoms with E-state index >= 15 is 0 Å². The van der Waals surface area contributed by atoms with E-state index in [1.54, 1.807) is 0 Å². The van der Waals surface area contributed by atoms with Crippen LogP contribution in [0.1, 0.15) is 31.9 Å². The minimum atomic E-state index is 0.337. The molecule has 0 aromatic heterocycles. The maximum Gasteiger partial charge on any atom is 0.0486 e. The van der Waals surface area contributed by atoms with Gasteiger partial charge in [0.05, 0.1) is 0 Å². The van der Waals surface area contributed by atoms with Gasteiger partial charge in [0.25, 0.3) is 0 Å². The Morgan fingerprint density at radius 1 is 1.12 bits per heavy atom. The first-order valence-electron chi connectivity index (χ1n) is 6.21. The number of rotatable bonds is 4. The van der Waals surface area contributed by atoms with Crippen LogP contribution in [0, 0.1) is 0 Å². The Morgan fingerprint density at radius 2 is 1.88 bits per heavy atom. The average Bonchev–Trinajstić information content (AvgIpc) is 2.38. The lowest BCUT2D eigenvalue weighted by Crippen LogP contribution is -2.11. The van der Waals surface area contributed by atoms with Crippen molar-refractivity contribution in [2.24, 2.45) is 0 Å². The second-order valence-corrected chi connectivity index (χ2v) is 4.27. The van der Waals surface area contributed by atoms with Crippen LogP contribution in [0.3, 0.4) is 0 Å². The first-order chi connectivity index (χ1) is 8.33. The van der Waals surface area contributed by atoms with Gasteiger partial charge in [-0.3, -0.25) is 0 Å². The molecule has 17 heavy (non-hydrogen) atoms. The number of fused-ring (bicyclic) bond motifs is 1. The van der Waals surface area contributed by atoms with Crippen LogP contribution < -0.4 is 5.32 Å². The van der Waals surface area contributed by atoms with E-state index < -0.39 is 0 Å². The summed E-state index contributed by atoms with van der Waals surface area (Å²) in [6.45, 7) is 4.34. The molecule has 0 heterocycles. The lowest BCUT2D eigenvalue weighted by Gasteiger charge is -2.15. The molecular weight excluding hydrogens is 206 g/mol. The van der Waals surface area contributed by atoms with Gasteiger partial charge in [-0.2, -0.15) is 0 Å². The predicted molar refractivity (Wildman–Crippen MR) is 74.9 cm³/mol. The number of benzene rings is 2. The Kier molecular flexibility index (Phi) is 3.81. The summed E-state index contributed by atoms with van der Waals surface area (Å²) in [5.41, 5.74) is 1.35. The van der Waals surface area contributed by atoms with Crippen LogP contribution in [0.25, 0.3) is 10.8 Å². The Labute approximate surface area is 103 Å². The van der Waals surface area contributed by atoms with Crippen molar-refractivity contribution < 1.29 is 0 Å². The fourth-order valence-corrected chi connectivity index (χ4v) is 2.05. The van der Waals surface area contributed by atoms with Gasteiger partial charge in [0, 0.05) is 6.04 Å². The van der Waals surface area contributed by atoms with Crippen molar-refractivity contribution >= 4 is 10.8 Å². The maximum absolute atomic E-state index is 3.41. The van der Waals surface area contributed by atoms with Gasteiger partial charge in [-0.25, -0.2) is 0 Å². The minimum Gasteiger partial charge on any atom is -0.385 e. The van der Waals surface area contributed by atoms with Crippen molar-refractivity contribution in [1.82, 2.24) is 5.32 Å². The lowest BCUT2D eigenvalue weighted by molar-refractivity contribution is 0.690. The second kappa shape index (κ2) is 5.53. The summed E-state index contributed by atoms with van der Waals surface area (Å²) in [5.74, 6) is 0. The molecule has 0 aliphatic heterocycles. The van der Waals surface area contributed by atoms with E-state index in [1.165, 1.54) is 16.3 Å². The Balaban J connectivity index is 2.31. The smallest absolute Gasteiger partial charge is 0.0486 e. The van der Waals surface area contributed by atoms with Crippen LogP contribution in [0.15, 0.2) is 54.7 Å². The number of hydrogen-bond donors (Lipinski definition) is 1. The van der Waals surface area contributed by atoms with E-state index in [9.17, 15) is 0 Å². The molecule has 1 N–H and O–H groups in total. The van der Waals surface area contributed by atoms with E-state index in [0.29, 0.717) is 6.04 Å². The standard InChI is InChI=1S/C16H19N/c1-3-4-12-17-13(2)15-11-7-9-14-8-5-6-10-16(14)15/h4-13,17H,3H2,1-2H3/b12-4+. The van der Waals surface area contributed by atoms with Crippen molar-refractivity contribution in [1.29, 1.82) is 0 Å². The molecule has 2 aromatic carbocycles. The van der Waals surface area contributed by atoms with Crippen LogP contribution in [0.5, 0.6) is 0 Å². The summed E-state index contributed by atoms with van der Waals surface area (Å²) in [6.07, 6.45) is 5.25. The molecule has 0 saturated heterocycles. The van der Waals surface area contributed by atoms with Crippen LogP contribution in [-0.4, -0.2) is 0 Å². The summed E-state index contributed by atoms with van der Waals surface area (Å²) in [4.78, 5) is 0. The zero-order chi connectivity index (χ0) is 12.1. The molecule has 0 saturated carbocycles. The third-order valence-corrected chi connectivity index (χ3v) is 2.99. The van der Waals surface area contributed by atoms with Crippen molar-refractivity contribution in [2.45, 2.75) is 26.3 Å². The van der Waals surface area contributed by atoms with Gasteiger partial charge in [-0.05, 0) is 35.9 Å². The van der Waals surface area contributed by atoms with Crippen LogP contribution in [0.2, 0.25) is 0 Å². The summed E-state index contributed by atoms with van der Waals surface area (Å²) < 4.78 is 0. The van der Waals surface area contributed by atoms with E-state index in [4.69, 9.17) is 0 Å². The normalized spacial score (nSPS) is 13.1. The molecule has 0 aliphatic carbocycles. The molecule has 2 rings (SSSR count). The Morgan fingerprint density at radius 3 is 2.71 bits per heavy atom. The first-order valence-corrected chi connectivity index (χ1v) is 6.21. The number of allylic oxidation sites excluding steroid dienone is 1. The molecule has 2 aromatic rings. The van der Waals surface area contributed by atoms with E-state index in [-0.39, 0.29) is 0 Å². The third-order valence-electron chi connectivity index (χ3n) is 2.99. The van der Waals surface area contributed by atoms with Crippen LogP contribution in [-0.2, 0) is 0 Å². The highest BCUT2D eigenvalue weighted by Crippen LogP contribution is 2.23. The van der Waals surface area contributed by atoms with Crippen molar-refractivity contribution in [3.63, 3.8) is 0 Å². The molecule has 1 atom stereocenters. The van der Waals surface area contributed by atoms with Crippen LogP contribution >= 0.6 is 0 Å². The van der Waals surface area contributed by atoms with Crippen molar-refractivity contribution in [3.8, 4) is 0 Å². The van der Waals surface area contributed by atoms with Gasteiger partial charge in [0.2, 0.25) is 0 Å². The Bertz CT molecular complexity index is 508. The molecule has 0 radical (unpaired) electrons. The highest BCUT2D eigenvalue weighted by atomic mass is 14.9.